The van der Waals surface area contributed by atoms with E-state index in [4.69, 9.17) is 27.9 Å². The maximum absolute atomic E-state index is 12.7. The van der Waals surface area contributed by atoms with E-state index in [-0.39, 0.29) is 5.69 Å². The van der Waals surface area contributed by atoms with Crippen molar-refractivity contribution in [3.63, 3.8) is 0 Å². The zero-order valence-electron chi connectivity index (χ0n) is 16.3. The molecular formula is C22H18Cl2N4O2. The molecule has 30 heavy (non-hydrogen) atoms. The Balaban J connectivity index is 1.64. The van der Waals surface area contributed by atoms with Crippen molar-refractivity contribution in [1.29, 1.82) is 0 Å². The largest absolute Gasteiger partial charge is 0.494 e. The average Bonchev–Trinajstić information content (AvgIpc) is 3.17. The number of hydrogen-bond donors (Lipinski definition) is 1. The third kappa shape index (κ3) is 4.10. The fourth-order valence-corrected chi connectivity index (χ4v) is 3.39. The standard InChI is InChI=1S/C22H18Cl2N4O2/c1-3-30-16-7-4-14(5-8-16)18-10-13(2)28-21(25-18)12-20(27-28)22(29)26-19-11-15(23)6-9-17(19)24/h4-12H,3H2,1-2H3,(H,26,29). The molecule has 0 atom stereocenters. The molecule has 0 aliphatic heterocycles. The molecule has 1 amide bonds. The first-order valence-corrected chi connectivity index (χ1v) is 10.1. The maximum atomic E-state index is 12.7. The minimum Gasteiger partial charge on any atom is -0.494 e. The molecule has 0 aliphatic rings. The van der Waals surface area contributed by atoms with Gasteiger partial charge in [-0.25, -0.2) is 9.50 Å². The van der Waals surface area contributed by atoms with Gasteiger partial charge >= 0.3 is 0 Å². The fraction of sp³-hybridized carbons (Fsp3) is 0.136. The van der Waals surface area contributed by atoms with Crippen LogP contribution in [0.4, 0.5) is 5.69 Å². The summed E-state index contributed by atoms with van der Waals surface area (Å²) >= 11 is 12.1. The molecule has 0 aliphatic carbocycles. The van der Waals surface area contributed by atoms with Crippen molar-refractivity contribution in [3.05, 3.63) is 76.0 Å². The minimum absolute atomic E-state index is 0.227. The molecule has 0 saturated carbocycles. The van der Waals surface area contributed by atoms with E-state index in [0.29, 0.717) is 28.0 Å². The topological polar surface area (TPSA) is 68.5 Å². The molecule has 8 heteroatoms. The summed E-state index contributed by atoms with van der Waals surface area (Å²) in [4.78, 5) is 17.3. The number of aryl methyl sites for hydroxylation is 1. The van der Waals surface area contributed by atoms with Gasteiger partial charge in [0.25, 0.3) is 5.91 Å². The highest BCUT2D eigenvalue weighted by atomic mass is 35.5. The second-order valence-electron chi connectivity index (χ2n) is 6.62. The lowest BCUT2D eigenvalue weighted by Crippen LogP contribution is -2.13. The van der Waals surface area contributed by atoms with Crippen LogP contribution in [0.1, 0.15) is 23.1 Å². The monoisotopic (exact) mass is 440 g/mol. The van der Waals surface area contributed by atoms with E-state index >= 15 is 0 Å². The maximum Gasteiger partial charge on any atom is 0.276 e. The Bertz CT molecular complexity index is 1240. The van der Waals surface area contributed by atoms with Gasteiger partial charge in [0.15, 0.2) is 11.3 Å². The molecule has 0 radical (unpaired) electrons. The number of fused-ring (bicyclic) bond motifs is 1. The Labute approximate surface area is 183 Å². The smallest absolute Gasteiger partial charge is 0.276 e. The zero-order valence-corrected chi connectivity index (χ0v) is 17.8. The summed E-state index contributed by atoms with van der Waals surface area (Å²) in [5.41, 5.74) is 3.80. The molecule has 152 valence electrons. The molecule has 0 fully saturated rings. The summed E-state index contributed by atoms with van der Waals surface area (Å²) in [7, 11) is 0. The predicted octanol–water partition coefficient (Wildman–Crippen LogP) is 5.66. The van der Waals surface area contributed by atoms with Crippen LogP contribution in [0.5, 0.6) is 5.75 Å². The first kappa shape index (κ1) is 20.2. The normalized spacial score (nSPS) is 10.9. The number of rotatable bonds is 5. The number of amides is 1. The van der Waals surface area contributed by atoms with Crippen molar-refractivity contribution in [3.8, 4) is 17.0 Å². The molecule has 2 aromatic heterocycles. The van der Waals surface area contributed by atoms with Crippen molar-refractivity contribution in [1.82, 2.24) is 14.6 Å². The summed E-state index contributed by atoms with van der Waals surface area (Å²) in [6, 6.07) is 16.1. The van der Waals surface area contributed by atoms with E-state index in [1.807, 2.05) is 44.2 Å². The number of carbonyl (C=O) groups is 1. The number of ether oxygens (including phenoxy) is 1. The Morgan fingerprint density at radius 2 is 1.87 bits per heavy atom. The Morgan fingerprint density at radius 3 is 2.60 bits per heavy atom. The third-order valence-electron chi connectivity index (χ3n) is 4.48. The predicted molar refractivity (Wildman–Crippen MR) is 119 cm³/mol. The van der Waals surface area contributed by atoms with E-state index in [2.05, 4.69) is 15.4 Å². The van der Waals surface area contributed by atoms with Gasteiger partial charge in [0.05, 0.1) is 23.0 Å². The quantitative estimate of drug-likeness (QED) is 0.434. The van der Waals surface area contributed by atoms with Gasteiger partial charge in [-0.2, -0.15) is 5.10 Å². The van der Waals surface area contributed by atoms with Gasteiger partial charge in [-0.3, -0.25) is 4.79 Å². The first-order valence-electron chi connectivity index (χ1n) is 9.31. The highest BCUT2D eigenvalue weighted by Crippen LogP contribution is 2.26. The lowest BCUT2D eigenvalue weighted by Gasteiger charge is -2.06. The summed E-state index contributed by atoms with van der Waals surface area (Å²) < 4.78 is 7.12. The number of anilines is 1. The average molecular weight is 441 g/mol. The number of benzene rings is 2. The van der Waals surface area contributed by atoms with Gasteiger partial charge in [-0.15, -0.1) is 0 Å². The van der Waals surface area contributed by atoms with Crippen LogP contribution in [0.25, 0.3) is 16.9 Å². The van der Waals surface area contributed by atoms with Crippen LogP contribution >= 0.6 is 23.2 Å². The van der Waals surface area contributed by atoms with E-state index in [0.717, 1.165) is 22.7 Å². The summed E-state index contributed by atoms with van der Waals surface area (Å²) in [6.45, 7) is 4.47. The zero-order chi connectivity index (χ0) is 21.3. The van der Waals surface area contributed by atoms with Gasteiger partial charge in [-0.1, -0.05) is 23.2 Å². The lowest BCUT2D eigenvalue weighted by atomic mass is 10.1. The lowest BCUT2D eigenvalue weighted by molar-refractivity contribution is 0.102. The Hall–Kier alpha value is -3.09. The second-order valence-corrected chi connectivity index (χ2v) is 7.46. The van der Waals surface area contributed by atoms with E-state index in [1.54, 1.807) is 28.8 Å². The number of nitrogens with zero attached hydrogens (tertiary/aromatic N) is 3. The minimum atomic E-state index is -0.397. The summed E-state index contributed by atoms with van der Waals surface area (Å²) in [6.07, 6.45) is 0. The molecule has 0 spiro atoms. The van der Waals surface area contributed by atoms with E-state index in [1.165, 1.54) is 0 Å². The van der Waals surface area contributed by atoms with Gasteiger partial charge < -0.3 is 10.1 Å². The molecule has 2 aromatic carbocycles. The van der Waals surface area contributed by atoms with Crippen molar-refractivity contribution in [2.75, 3.05) is 11.9 Å². The van der Waals surface area contributed by atoms with Crippen molar-refractivity contribution >= 4 is 40.4 Å². The van der Waals surface area contributed by atoms with Gasteiger partial charge in [0.1, 0.15) is 5.75 Å². The second kappa shape index (κ2) is 8.34. The van der Waals surface area contributed by atoms with Crippen LogP contribution in [-0.2, 0) is 0 Å². The number of carbonyl (C=O) groups excluding carboxylic acids is 1. The third-order valence-corrected chi connectivity index (χ3v) is 5.04. The molecule has 0 unspecified atom stereocenters. The van der Waals surface area contributed by atoms with E-state index < -0.39 is 5.91 Å². The van der Waals surface area contributed by atoms with E-state index in [9.17, 15) is 4.79 Å². The molecule has 0 saturated heterocycles. The van der Waals surface area contributed by atoms with Gasteiger partial charge in [0.2, 0.25) is 0 Å². The fourth-order valence-electron chi connectivity index (χ4n) is 3.05. The van der Waals surface area contributed by atoms with Crippen LogP contribution in [-0.4, -0.2) is 27.1 Å². The summed E-state index contributed by atoms with van der Waals surface area (Å²) in [5.74, 6) is 0.411. The first-order chi connectivity index (χ1) is 14.4. The van der Waals surface area contributed by atoms with Crippen molar-refractivity contribution < 1.29 is 9.53 Å². The van der Waals surface area contributed by atoms with Crippen LogP contribution in [0.15, 0.2) is 54.6 Å². The summed E-state index contributed by atoms with van der Waals surface area (Å²) in [5, 5.41) is 7.99. The molecule has 2 heterocycles. The van der Waals surface area contributed by atoms with Gasteiger partial charge in [-0.05, 0) is 62.4 Å². The highest BCUT2D eigenvalue weighted by molar-refractivity contribution is 6.35. The molecule has 6 nitrogen and oxygen atoms in total. The molecule has 4 aromatic rings. The number of aromatic nitrogens is 3. The van der Waals surface area contributed by atoms with Crippen LogP contribution in [0.2, 0.25) is 10.0 Å². The number of nitrogens with one attached hydrogen (secondary N) is 1. The number of halogens is 2. The molecule has 1 N–H and O–H groups in total. The SMILES string of the molecule is CCOc1ccc(-c2cc(C)n3nc(C(=O)Nc4cc(Cl)ccc4Cl)cc3n2)cc1. The number of hydrogen-bond acceptors (Lipinski definition) is 4. The van der Waals surface area contributed by atoms with Gasteiger partial charge in [0, 0.05) is 22.3 Å². The molecule has 4 rings (SSSR count). The Morgan fingerprint density at radius 1 is 1.10 bits per heavy atom. The van der Waals surface area contributed by atoms with Crippen molar-refractivity contribution in [2.24, 2.45) is 0 Å². The highest BCUT2D eigenvalue weighted by Gasteiger charge is 2.15. The van der Waals surface area contributed by atoms with Crippen LogP contribution in [0.3, 0.4) is 0 Å². The van der Waals surface area contributed by atoms with Crippen LogP contribution < -0.4 is 10.1 Å². The molecular weight excluding hydrogens is 423 g/mol. The van der Waals surface area contributed by atoms with Crippen LogP contribution in [0, 0.1) is 6.92 Å². The molecule has 0 bridgehead atoms. The Kier molecular flexibility index (Phi) is 5.61. The van der Waals surface area contributed by atoms with Crippen molar-refractivity contribution in [2.45, 2.75) is 13.8 Å².